The van der Waals surface area contributed by atoms with Crippen LogP contribution in [0.4, 0.5) is 0 Å². The average molecular weight is 185 g/mol. The Hall–Kier alpha value is -0.0400. The molecule has 0 aromatic heterocycles. The Morgan fingerprint density at radius 1 is 0.923 bits per heavy atom. The highest BCUT2D eigenvalue weighted by Crippen LogP contribution is 2.29. The van der Waals surface area contributed by atoms with Gasteiger partial charge in [-0.15, -0.1) is 0 Å². The summed E-state index contributed by atoms with van der Waals surface area (Å²) < 4.78 is 0. The summed E-state index contributed by atoms with van der Waals surface area (Å²) in [6.45, 7) is 11.3. The first kappa shape index (κ1) is 13.0. The van der Waals surface area contributed by atoms with E-state index in [0.29, 0.717) is 5.41 Å². The molecular weight excluding hydrogens is 158 g/mol. The molecule has 0 fully saturated rings. The molecule has 0 spiro atoms. The Labute approximate surface area is 84.1 Å². The van der Waals surface area contributed by atoms with Gasteiger partial charge in [-0.25, -0.2) is 0 Å². The number of hydrogen-bond acceptors (Lipinski definition) is 1. The molecule has 2 N–H and O–H groups in total. The molecule has 0 aliphatic carbocycles. The summed E-state index contributed by atoms with van der Waals surface area (Å²) in [5.41, 5.74) is 6.71. The maximum absolute atomic E-state index is 6.19. The molecule has 0 radical (unpaired) electrons. The van der Waals surface area contributed by atoms with Crippen molar-refractivity contribution in [2.24, 2.45) is 11.1 Å². The van der Waals surface area contributed by atoms with Crippen molar-refractivity contribution in [2.45, 2.75) is 72.3 Å². The van der Waals surface area contributed by atoms with Gasteiger partial charge in [0, 0.05) is 5.54 Å². The number of nitrogens with two attached hydrogens (primary N) is 1. The molecule has 1 unspecified atom stereocenters. The van der Waals surface area contributed by atoms with E-state index in [9.17, 15) is 0 Å². The lowest BCUT2D eigenvalue weighted by molar-refractivity contribution is 0.263. The minimum absolute atomic E-state index is 0.0567. The highest BCUT2D eigenvalue weighted by Gasteiger charge is 2.22. The second-order valence-corrected chi connectivity index (χ2v) is 5.42. The van der Waals surface area contributed by atoms with E-state index in [1.807, 2.05) is 0 Å². The van der Waals surface area contributed by atoms with Crippen LogP contribution in [0, 0.1) is 5.41 Å². The summed E-state index contributed by atoms with van der Waals surface area (Å²) in [5, 5.41) is 0. The smallest absolute Gasteiger partial charge is 0.0126 e. The minimum atomic E-state index is 0.0567. The van der Waals surface area contributed by atoms with Crippen LogP contribution in [0.2, 0.25) is 0 Å². The lowest BCUT2D eigenvalue weighted by Gasteiger charge is -2.30. The van der Waals surface area contributed by atoms with Crippen molar-refractivity contribution in [3.05, 3.63) is 0 Å². The van der Waals surface area contributed by atoms with Crippen LogP contribution in [0.15, 0.2) is 0 Å². The van der Waals surface area contributed by atoms with Crippen molar-refractivity contribution < 1.29 is 0 Å². The third kappa shape index (κ3) is 6.09. The molecule has 0 amide bonds. The fourth-order valence-corrected chi connectivity index (χ4v) is 1.50. The maximum Gasteiger partial charge on any atom is 0.0126 e. The minimum Gasteiger partial charge on any atom is -0.325 e. The Balaban J connectivity index is 3.86. The molecule has 0 saturated heterocycles. The first-order valence-corrected chi connectivity index (χ1v) is 5.62. The van der Waals surface area contributed by atoms with E-state index < -0.39 is 0 Å². The molecule has 0 aliphatic rings. The molecule has 0 saturated carbocycles. The second kappa shape index (κ2) is 4.99. The van der Waals surface area contributed by atoms with E-state index in [0.717, 1.165) is 12.8 Å². The van der Waals surface area contributed by atoms with E-state index in [4.69, 9.17) is 5.73 Å². The topological polar surface area (TPSA) is 26.0 Å². The average Bonchev–Trinajstić information content (AvgIpc) is 2.02. The summed E-state index contributed by atoms with van der Waals surface area (Å²) in [4.78, 5) is 0. The molecular formula is C12H27N. The number of hydrogen-bond donors (Lipinski definition) is 1. The Morgan fingerprint density at radius 2 is 1.46 bits per heavy atom. The van der Waals surface area contributed by atoms with Crippen LogP contribution in [-0.4, -0.2) is 5.54 Å². The fraction of sp³-hybridized carbons (Fsp3) is 1.00. The van der Waals surface area contributed by atoms with Crippen molar-refractivity contribution in [1.82, 2.24) is 0 Å². The molecule has 1 nitrogen and oxygen atoms in total. The van der Waals surface area contributed by atoms with Gasteiger partial charge < -0.3 is 5.73 Å². The third-order valence-electron chi connectivity index (χ3n) is 3.15. The highest BCUT2D eigenvalue weighted by atomic mass is 14.7. The standard InChI is InChI=1S/C12H27N/c1-6-8-12(5,13)10-9-11(3,4)7-2/h6-10,13H2,1-5H3. The van der Waals surface area contributed by atoms with Gasteiger partial charge in [-0.05, 0) is 31.6 Å². The molecule has 0 heterocycles. The van der Waals surface area contributed by atoms with Crippen LogP contribution in [0.25, 0.3) is 0 Å². The molecule has 0 rings (SSSR count). The van der Waals surface area contributed by atoms with E-state index in [1.165, 1.54) is 19.3 Å². The van der Waals surface area contributed by atoms with Crippen molar-refractivity contribution in [2.75, 3.05) is 0 Å². The quantitative estimate of drug-likeness (QED) is 0.670. The molecule has 0 aromatic rings. The molecule has 0 bridgehead atoms. The van der Waals surface area contributed by atoms with Crippen LogP contribution < -0.4 is 5.73 Å². The van der Waals surface area contributed by atoms with Crippen molar-refractivity contribution in [3.8, 4) is 0 Å². The van der Waals surface area contributed by atoms with Gasteiger partial charge in [0.25, 0.3) is 0 Å². The lowest BCUT2D eigenvalue weighted by atomic mass is 9.80. The van der Waals surface area contributed by atoms with Gasteiger partial charge in [-0.1, -0.05) is 40.5 Å². The first-order valence-electron chi connectivity index (χ1n) is 5.62. The zero-order valence-corrected chi connectivity index (χ0v) is 10.1. The van der Waals surface area contributed by atoms with E-state index in [1.54, 1.807) is 0 Å². The normalized spacial score (nSPS) is 17.1. The molecule has 0 aliphatic heterocycles. The van der Waals surface area contributed by atoms with E-state index >= 15 is 0 Å². The zero-order chi connectivity index (χ0) is 10.5. The molecule has 1 atom stereocenters. The summed E-state index contributed by atoms with van der Waals surface area (Å²) in [6.07, 6.45) is 5.99. The second-order valence-electron chi connectivity index (χ2n) is 5.42. The van der Waals surface area contributed by atoms with Gasteiger partial charge in [0.05, 0.1) is 0 Å². The van der Waals surface area contributed by atoms with Crippen LogP contribution >= 0.6 is 0 Å². The Kier molecular flexibility index (Phi) is 4.98. The van der Waals surface area contributed by atoms with Gasteiger partial charge in [0.15, 0.2) is 0 Å². The molecule has 80 valence electrons. The van der Waals surface area contributed by atoms with Crippen molar-refractivity contribution in [1.29, 1.82) is 0 Å². The van der Waals surface area contributed by atoms with Crippen LogP contribution in [0.5, 0.6) is 0 Å². The predicted octanol–water partition coefficient (Wildman–Crippen LogP) is 3.72. The molecule has 13 heavy (non-hydrogen) atoms. The van der Waals surface area contributed by atoms with Crippen molar-refractivity contribution in [3.63, 3.8) is 0 Å². The lowest BCUT2D eigenvalue weighted by Crippen LogP contribution is -2.37. The van der Waals surface area contributed by atoms with Crippen LogP contribution in [0.3, 0.4) is 0 Å². The zero-order valence-electron chi connectivity index (χ0n) is 10.1. The summed E-state index contributed by atoms with van der Waals surface area (Å²) in [7, 11) is 0. The van der Waals surface area contributed by atoms with Gasteiger partial charge in [0.1, 0.15) is 0 Å². The van der Waals surface area contributed by atoms with E-state index in [2.05, 4.69) is 34.6 Å². The summed E-state index contributed by atoms with van der Waals surface area (Å²) in [5.74, 6) is 0. The Bertz CT molecular complexity index is 136. The van der Waals surface area contributed by atoms with Gasteiger partial charge in [-0.3, -0.25) is 0 Å². The molecule has 0 aromatic carbocycles. The van der Waals surface area contributed by atoms with Crippen LogP contribution in [-0.2, 0) is 0 Å². The van der Waals surface area contributed by atoms with Crippen molar-refractivity contribution >= 4 is 0 Å². The Morgan fingerprint density at radius 3 is 1.85 bits per heavy atom. The molecule has 1 heteroatoms. The van der Waals surface area contributed by atoms with Gasteiger partial charge in [0.2, 0.25) is 0 Å². The monoisotopic (exact) mass is 185 g/mol. The van der Waals surface area contributed by atoms with Gasteiger partial charge >= 0.3 is 0 Å². The van der Waals surface area contributed by atoms with Gasteiger partial charge in [-0.2, -0.15) is 0 Å². The fourth-order valence-electron chi connectivity index (χ4n) is 1.50. The summed E-state index contributed by atoms with van der Waals surface area (Å²) in [6, 6.07) is 0. The summed E-state index contributed by atoms with van der Waals surface area (Å²) >= 11 is 0. The van der Waals surface area contributed by atoms with E-state index in [-0.39, 0.29) is 5.54 Å². The maximum atomic E-state index is 6.19. The predicted molar refractivity (Wildman–Crippen MR) is 60.8 cm³/mol. The highest BCUT2D eigenvalue weighted by molar-refractivity contribution is 4.81. The van der Waals surface area contributed by atoms with Crippen LogP contribution in [0.1, 0.15) is 66.7 Å². The third-order valence-corrected chi connectivity index (χ3v) is 3.15. The largest absolute Gasteiger partial charge is 0.325 e. The number of rotatable bonds is 6. The SMILES string of the molecule is CCCC(C)(N)CCC(C)(C)CC. The first-order chi connectivity index (χ1) is 5.83.